The van der Waals surface area contributed by atoms with Crippen LogP contribution in [0.3, 0.4) is 0 Å². The van der Waals surface area contributed by atoms with Crippen molar-refractivity contribution < 1.29 is 33.8 Å². The molecule has 0 unspecified atom stereocenters. The molecule has 0 spiro atoms. The normalized spacial score (nSPS) is 14.8. The molecule has 8 N–H and O–H groups in total. The van der Waals surface area contributed by atoms with Crippen LogP contribution < -0.4 is 5.73 Å². The maximum atomic E-state index is 11.0. The number of allylic oxidation sites excluding steroid dienone is 1. The van der Waals surface area contributed by atoms with Gasteiger partial charge in [-0.15, -0.1) is 0 Å². The number of hydrogen-bond acceptors (Lipinski definition) is 5. The molecular formula is C6H14N2O7P2. The van der Waals surface area contributed by atoms with Crippen LogP contribution >= 0.6 is 15.2 Å². The number of nitrogens with two attached hydrogens (primary N) is 1. The molecule has 0 aromatic carbocycles. The zero-order valence-electron chi connectivity index (χ0n) is 8.81. The fourth-order valence-electron chi connectivity index (χ4n) is 0.868. The van der Waals surface area contributed by atoms with Gasteiger partial charge in [-0.2, -0.15) is 0 Å². The van der Waals surface area contributed by atoms with Crippen LogP contribution in [0.4, 0.5) is 0 Å². The second kappa shape index (κ2) is 4.99. The van der Waals surface area contributed by atoms with Crippen LogP contribution in [0.25, 0.3) is 0 Å². The first-order chi connectivity index (χ1) is 7.38. The monoisotopic (exact) mass is 288 g/mol. The minimum Gasteiger partial charge on any atom is -0.402 e. The third kappa shape index (κ3) is 3.23. The Morgan fingerprint density at radius 1 is 1.29 bits per heavy atom. The minimum absolute atomic E-state index is 0.0599. The maximum absolute atomic E-state index is 11.0. The Balaban J connectivity index is 5.80. The molecule has 100 valence electrons. The van der Waals surface area contributed by atoms with Gasteiger partial charge in [-0.25, -0.2) is 0 Å². The Morgan fingerprint density at radius 2 is 1.65 bits per heavy atom. The Kier molecular flexibility index (Phi) is 4.84. The van der Waals surface area contributed by atoms with E-state index in [9.17, 15) is 14.2 Å². The molecule has 11 heteroatoms. The fourth-order valence-corrected chi connectivity index (χ4v) is 2.98. The molecule has 0 radical (unpaired) electrons. The van der Waals surface area contributed by atoms with Crippen molar-refractivity contribution in [3.05, 3.63) is 11.8 Å². The molecule has 0 atom stereocenters. The third-order valence-corrected chi connectivity index (χ3v) is 5.58. The largest absolute Gasteiger partial charge is 0.402 e. The van der Waals surface area contributed by atoms with Gasteiger partial charge in [0.25, 0.3) is 0 Å². The number of nitrogens with one attached hydrogen (secondary N) is 1. The van der Waals surface area contributed by atoms with Gasteiger partial charge in [-0.05, 0) is 12.5 Å². The topological polar surface area (TPSA) is 185 Å². The highest BCUT2D eigenvalue weighted by atomic mass is 31.2. The first kappa shape index (κ1) is 16.5. The molecule has 17 heavy (non-hydrogen) atoms. The zero-order chi connectivity index (χ0) is 14.1. The molecule has 0 aromatic rings. The third-order valence-electron chi connectivity index (χ3n) is 1.91. The van der Waals surface area contributed by atoms with Gasteiger partial charge in [0.1, 0.15) is 0 Å². The summed E-state index contributed by atoms with van der Waals surface area (Å²) in [5.74, 6) is 0. The lowest BCUT2D eigenvalue weighted by Crippen LogP contribution is -2.37. The maximum Gasteiger partial charge on any atom is 0.375 e. The first-order valence-corrected chi connectivity index (χ1v) is 7.49. The minimum atomic E-state index is -5.66. The summed E-state index contributed by atoms with van der Waals surface area (Å²) in [6, 6.07) is 0. The first-order valence-electron chi connectivity index (χ1n) is 4.26. The van der Waals surface area contributed by atoms with E-state index < -0.39 is 26.0 Å². The van der Waals surface area contributed by atoms with Gasteiger partial charge in [-0.3, -0.25) is 9.13 Å². The average molecular weight is 288 g/mol. The summed E-state index contributed by atoms with van der Waals surface area (Å²) in [6.07, 6.45) is 0.791. The van der Waals surface area contributed by atoms with Gasteiger partial charge in [0, 0.05) is 5.70 Å². The number of hydrogen-bond donors (Lipinski definition) is 7. The molecule has 0 bridgehead atoms. The van der Waals surface area contributed by atoms with E-state index in [0.717, 1.165) is 0 Å². The SMILES string of the molecule is CCC(N)=CC(=N)C(O)(P(=O)(O)O)P(=O)(O)O. The standard InChI is InChI=1S/C6H14N2O7P2/c1-2-4(7)3-5(8)6(9,16(10,11)12)17(13,14)15/h3,8-9H,2,7H2,1H3,(H2,10,11,12)(H2,13,14,15). The van der Waals surface area contributed by atoms with E-state index >= 15 is 0 Å². The summed E-state index contributed by atoms with van der Waals surface area (Å²) in [7, 11) is -11.3. The van der Waals surface area contributed by atoms with Crippen LogP contribution in [-0.2, 0) is 9.13 Å². The number of aliphatic hydroxyl groups is 1. The highest BCUT2D eigenvalue weighted by molar-refractivity contribution is 7.73. The van der Waals surface area contributed by atoms with Crippen molar-refractivity contribution in [2.75, 3.05) is 0 Å². The lowest BCUT2D eigenvalue weighted by Gasteiger charge is -2.28. The van der Waals surface area contributed by atoms with Crippen LogP contribution in [0, 0.1) is 5.41 Å². The highest BCUT2D eigenvalue weighted by Gasteiger charge is 2.62. The molecular weight excluding hydrogens is 274 g/mol. The second-order valence-electron chi connectivity index (χ2n) is 3.21. The van der Waals surface area contributed by atoms with Gasteiger partial charge in [-0.1, -0.05) is 6.92 Å². The Morgan fingerprint density at radius 3 is 1.88 bits per heavy atom. The van der Waals surface area contributed by atoms with E-state index in [4.69, 9.17) is 30.7 Å². The van der Waals surface area contributed by atoms with Crippen LogP contribution in [0.5, 0.6) is 0 Å². The molecule has 0 aliphatic heterocycles. The predicted octanol–water partition coefficient (Wildman–Crippen LogP) is -0.740. The summed E-state index contributed by atoms with van der Waals surface area (Å²) in [6.45, 7) is 1.55. The summed E-state index contributed by atoms with van der Waals surface area (Å²) < 4.78 is 21.9. The van der Waals surface area contributed by atoms with E-state index in [2.05, 4.69) is 0 Å². The lowest BCUT2D eigenvalue weighted by molar-refractivity contribution is 0.182. The Bertz CT molecular complexity index is 412. The summed E-state index contributed by atoms with van der Waals surface area (Å²) in [5.41, 5.74) is 3.87. The second-order valence-corrected chi connectivity index (χ2v) is 7.03. The van der Waals surface area contributed by atoms with Crippen molar-refractivity contribution in [1.29, 1.82) is 5.41 Å². The van der Waals surface area contributed by atoms with Crippen molar-refractivity contribution in [1.82, 2.24) is 0 Å². The van der Waals surface area contributed by atoms with Crippen molar-refractivity contribution in [2.45, 2.75) is 18.4 Å². The Hall–Kier alpha value is -0.530. The quantitative estimate of drug-likeness (QED) is 0.254. The van der Waals surface area contributed by atoms with E-state index in [1.807, 2.05) is 0 Å². The highest BCUT2D eigenvalue weighted by Crippen LogP contribution is 2.67. The van der Waals surface area contributed by atoms with Crippen molar-refractivity contribution in [3.8, 4) is 0 Å². The molecule has 0 rings (SSSR count). The lowest BCUT2D eigenvalue weighted by atomic mass is 10.2. The van der Waals surface area contributed by atoms with E-state index in [1.54, 1.807) is 6.92 Å². The number of rotatable bonds is 5. The fraction of sp³-hybridized carbons (Fsp3) is 0.500. The van der Waals surface area contributed by atoms with E-state index in [1.165, 1.54) is 0 Å². The molecule has 0 saturated heterocycles. The van der Waals surface area contributed by atoms with Crippen LogP contribution in [-0.4, -0.2) is 35.5 Å². The van der Waals surface area contributed by atoms with Crippen molar-refractivity contribution >= 4 is 20.9 Å². The van der Waals surface area contributed by atoms with Crippen LogP contribution in [0.15, 0.2) is 11.8 Å². The Labute approximate surface area is 96.8 Å². The molecule has 0 heterocycles. The van der Waals surface area contributed by atoms with Crippen molar-refractivity contribution in [2.24, 2.45) is 5.73 Å². The van der Waals surface area contributed by atoms with Gasteiger partial charge < -0.3 is 35.8 Å². The molecule has 0 amide bonds. The summed E-state index contributed by atoms with van der Waals surface area (Å²) in [4.78, 5) is 35.1. The van der Waals surface area contributed by atoms with E-state index in [-0.39, 0.29) is 12.1 Å². The predicted molar refractivity (Wildman–Crippen MR) is 59.3 cm³/mol. The van der Waals surface area contributed by atoms with Crippen LogP contribution in [0.2, 0.25) is 0 Å². The smallest absolute Gasteiger partial charge is 0.375 e. The zero-order valence-corrected chi connectivity index (χ0v) is 10.6. The molecule has 0 fully saturated rings. The molecule has 9 nitrogen and oxygen atoms in total. The van der Waals surface area contributed by atoms with Gasteiger partial charge in [0.2, 0.25) is 0 Å². The summed E-state index contributed by atoms with van der Waals surface area (Å²) in [5, 5.41) is 12.8. The van der Waals surface area contributed by atoms with Gasteiger partial charge >= 0.3 is 20.3 Å². The van der Waals surface area contributed by atoms with Crippen LogP contribution in [0.1, 0.15) is 13.3 Å². The van der Waals surface area contributed by atoms with Gasteiger partial charge in [0.05, 0.1) is 5.71 Å². The molecule has 0 aromatic heterocycles. The van der Waals surface area contributed by atoms with Gasteiger partial charge in [0.15, 0.2) is 0 Å². The molecule has 0 aliphatic rings. The average Bonchev–Trinajstić information content (AvgIpc) is 2.12. The molecule has 0 saturated carbocycles. The van der Waals surface area contributed by atoms with Crippen molar-refractivity contribution in [3.63, 3.8) is 0 Å². The molecule has 0 aliphatic carbocycles. The van der Waals surface area contributed by atoms with E-state index in [0.29, 0.717) is 6.08 Å². The summed E-state index contributed by atoms with van der Waals surface area (Å²) >= 11 is 0.